The molecule has 0 spiro atoms. The smallest absolute Gasteiger partial charge is 0.251 e. The summed E-state index contributed by atoms with van der Waals surface area (Å²) < 4.78 is 18.9. The van der Waals surface area contributed by atoms with Crippen molar-refractivity contribution in [3.63, 3.8) is 0 Å². The van der Waals surface area contributed by atoms with Crippen molar-refractivity contribution in [1.29, 1.82) is 0 Å². The predicted octanol–water partition coefficient (Wildman–Crippen LogP) is 3.15. The highest BCUT2D eigenvalue weighted by Crippen LogP contribution is 2.25. The summed E-state index contributed by atoms with van der Waals surface area (Å²) in [5, 5.41) is 3.72. The van der Waals surface area contributed by atoms with Crippen LogP contribution in [-0.4, -0.2) is 35.4 Å². The number of furan rings is 1. The van der Waals surface area contributed by atoms with Gasteiger partial charge in [-0.1, -0.05) is 0 Å². The third-order valence-corrected chi connectivity index (χ3v) is 5.45. The van der Waals surface area contributed by atoms with Gasteiger partial charge in [0.25, 0.3) is 5.56 Å². The Morgan fingerprint density at radius 3 is 2.83 bits per heavy atom. The van der Waals surface area contributed by atoms with Crippen LogP contribution in [0.1, 0.15) is 36.6 Å². The Morgan fingerprint density at radius 1 is 1.24 bits per heavy atom. The summed E-state index contributed by atoms with van der Waals surface area (Å²) in [5.41, 5.74) is 0.679. The summed E-state index contributed by atoms with van der Waals surface area (Å²) in [6.07, 6.45) is 4.49. The summed E-state index contributed by atoms with van der Waals surface area (Å²) in [6, 6.07) is 9.80. The van der Waals surface area contributed by atoms with E-state index >= 15 is 0 Å². The van der Waals surface area contributed by atoms with E-state index in [0.29, 0.717) is 24.0 Å². The van der Waals surface area contributed by atoms with Crippen LogP contribution >= 0.6 is 0 Å². The lowest BCUT2D eigenvalue weighted by Crippen LogP contribution is -2.36. The average Bonchev–Trinajstić information content (AvgIpc) is 3.41. The minimum atomic E-state index is -0.399. The number of likely N-dealkylation sites (tertiary alicyclic amines) is 1. The molecule has 1 aliphatic heterocycles. The fourth-order valence-electron chi connectivity index (χ4n) is 3.90. The summed E-state index contributed by atoms with van der Waals surface area (Å²) in [5.74, 6) is 0.342. The van der Waals surface area contributed by atoms with Gasteiger partial charge < -0.3 is 14.7 Å². The summed E-state index contributed by atoms with van der Waals surface area (Å²) >= 11 is 0. The van der Waals surface area contributed by atoms with Crippen molar-refractivity contribution in [3.8, 4) is 0 Å². The van der Waals surface area contributed by atoms with E-state index in [2.05, 4.69) is 15.2 Å². The fraction of sp³-hybridized carbons (Fsp3) is 0.364. The van der Waals surface area contributed by atoms with E-state index in [1.165, 1.54) is 12.1 Å². The molecule has 6 nitrogen and oxygen atoms in total. The maximum Gasteiger partial charge on any atom is 0.251 e. The monoisotopic (exact) mass is 397 g/mol. The van der Waals surface area contributed by atoms with Crippen LogP contribution in [0.3, 0.4) is 0 Å². The number of hydrogen-bond acceptors (Lipinski definition) is 4. The minimum Gasteiger partial charge on any atom is -0.468 e. The van der Waals surface area contributed by atoms with Gasteiger partial charge in [-0.15, -0.1) is 0 Å². The summed E-state index contributed by atoms with van der Waals surface area (Å²) in [4.78, 5) is 29.6. The van der Waals surface area contributed by atoms with E-state index in [0.717, 1.165) is 37.1 Å². The maximum atomic E-state index is 13.3. The van der Waals surface area contributed by atoms with E-state index in [-0.39, 0.29) is 23.9 Å². The number of pyridine rings is 1. The highest BCUT2D eigenvalue weighted by molar-refractivity contribution is 5.79. The van der Waals surface area contributed by atoms with Crippen LogP contribution in [0.15, 0.2) is 51.9 Å². The Balaban J connectivity index is 1.37. The Morgan fingerprint density at radius 2 is 2.07 bits per heavy atom. The maximum absolute atomic E-state index is 13.3. The number of aryl methyl sites for hydroxylation is 1. The van der Waals surface area contributed by atoms with E-state index in [1.807, 2.05) is 12.1 Å². The van der Waals surface area contributed by atoms with Crippen LogP contribution in [0.2, 0.25) is 0 Å². The molecule has 1 aliphatic rings. The topological polar surface area (TPSA) is 78.3 Å². The van der Waals surface area contributed by atoms with Gasteiger partial charge in [0.1, 0.15) is 11.6 Å². The van der Waals surface area contributed by atoms with Crippen LogP contribution < -0.4 is 10.9 Å². The molecule has 3 aromatic rings. The molecule has 29 heavy (non-hydrogen) atoms. The molecule has 1 atom stereocenters. The molecule has 1 unspecified atom stereocenters. The molecule has 4 rings (SSSR count). The molecular weight excluding hydrogens is 373 g/mol. The van der Waals surface area contributed by atoms with Crippen LogP contribution in [0.4, 0.5) is 4.39 Å². The molecule has 1 amide bonds. The first-order chi connectivity index (χ1) is 14.1. The highest BCUT2D eigenvalue weighted by Gasteiger charge is 2.25. The number of carbonyl (C=O) groups excluding carboxylic acids is 1. The number of halogens is 1. The number of carbonyl (C=O) groups is 1. The fourth-order valence-corrected chi connectivity index (χ4v) is 3.90. The summed E-state index contributed by atoms with van der Waals surface area (Å²) in [6.45, 7) is 2.46. The Bertz CT molecular complexity index is 1040. The SMILES string of the molecule is O=C(CCc1cc2ccc(F)cc2[nH]c1=O)NCC(c1ccco1)N1CCCC1. The van der Waals surface area contributed by atoms with Gasteiger partial charge in [-0.2, -0.15) is 0 Å². The van der Waals surface area contributed by atoms with Crippen molar-refractivity contribution in [2.45, 2.75) is 31.7 Å². The molecule has 3 heterocycles. The van der Waals surface area contributed by atoms with Gasteiger partial charge in [0.05, 0.1) is 17.8 Å². The first-order valence-electron chi connectivity index (χ1n) is 9.96. The number of H-pyrrole nitrogens is 1. The van der Waals surface area contributed by atoms with Gasteiger partial charge in [-0.05, 0) is 74.1 Å². The lowest BCUT2D eigenvalue weighted by Gasteiger charge is -2.26. The van der Waals surface area contributed by atoms with Crippen LogP contribution in [0, 0.1) is 5.82 Å². The van der Waals surface area contributed by atoms with Crippen molar-refractivity contribution in [2.75, 3.05) is 19.6 Å². The quantitative estimate of drug-likeness (QED) is 0.642. The number of rotatable bonds is 7. The Hall–Kier alpha value is -2.93. The molecule has 1 fully saturated rings. The standard InChI is InChI=1S/C22H24FN3O3/c23-17-7-5-15-12-16(22(28)25-18(15)13-17)6-8-21(27)24-14-19(20-4-3-11-29-20)26-9-1-2-10-26/h3-5,7,11-13,19H,1-2,6,8-10,14H2,(H,24,27)(H,25,28). The van der Waals surface area contributed by atoms with Gasteiger partial charge in [0, 0.05) is 18.5 Å². The second-order valence-corrected chi connectivity index (χ2v) is 7.43. The normalized spacial score (nSPS) is 15.6. The second-order valence-electron chi connectivity index (χ2n) is 7.43. The van der Waals surface area contributed by atoms with Gasteiger partial charge in [-0.25, -0.2) is 4.39 Å². The predicted molar refractivity (Wildman–Crippen MR) is 108 cm³/mol. The first-order valence-corrected chi connectivity index (χ1v) is 9.96. The number of hydrogen-bond donors (Lipinski definition) is 2. The molecule has 2 aromatic heterocycles. The van der Waals surface area contributed by atoms with Crippen LogP contribution in [0.5, 0.6) is 0 Å². The first kappa shape index (κ1) is 19.4. The zero-order valence-electron chi connectivity index (χ0n) is 16.1. The number of aromatic amines is 1. The number of fused-ring (bicyclic) bond motifs is 1. The largest absolute Gasteiger partial charge is 0.468 e. The van der Waals surface area contributed by atoms with Gasteiger partial charge in [0.2, 0.25) is 5.91 Å². The average molecular weight is 397 g/mol. The third kappa shape index (κ3) is 4.56. The van der Waals surface area contributed by atoms with Crippen molar-refractivity contribution in [1.82, 2.24) is 15.2 Å². The van der Waals surface area contributed by atoms with Crippen molar-refractivity contribution in [2.24, 2.45) is 0 Å². The van der Waals surface area contributed by atoms with E-state index in [9.17, 15) is 14.0 Å². The molecule has 1 aromatic carbocycles. The number of amides is 1. The minimum absolute atomic E-state index is 0.0235. The third-order valence-electron chi connectivity index (χ3n) is 5.45. The molecule has 0 radical (unpaired) electrons. The van der Waals surface area contributed by atoms with Crippen LogP contribution in [0.25, 0.3) is 10.9 Å². The van der Waals surface area contributed by atoms with E-state index < -0.39 is 5.82 Å². The van der Waals surface area contributed by atoms with E-state index in [1.54, 1.807) is 18.4 Å². The molecule has 2 N–H and O–H groups in total. The highest BCUT2D eigenvalue weighted by atomic mass is 19.1. The van der Waals surface area contributed by atoms with Gasteiger partial charge in [-0.3, -0.25) is 14.5 Å². The zero-order chi connectivity index (χ0) is 20.2. The molecule has 0 aliphatic carbocycles. The molecule has 152 valence electrons. The summed E-state index contributed by atoms with van der Waals surface area (Å²) in [7, 11) is 0. The second kappa shape index (κ2) is 8.61. The molecule has 7 heteroatoms. The van der Waals surface area contributed by atoms with Crippen molar-refractivity contribution >= 4 is 16.8 Å². The Labute approximate surface area is 167 Å². The molecule has 0 bridgehead atoms. The molecule has 0 saturated carbocycles. The molecule has 1 saturated heterocycles. The lowest BCUT2D eigenvalue weighted by molar-refractivity contribution is -0.121. The van der Waals surface area contributed by atoms with Gasteiger partial charge in [0.15, 0.2) is 0 Å². The number of benzene rings is 1. The number of nitrogens with zero attached hydrogens (tertiary/aromatic N) is 1. The molecular formula is C22H24FN3O3. The van der Waals surface area contributed by atoms with Crippen LogP contribution in [-0.2, 0) is 11.2 Å². The van der Waals surface area contributed by atoms with Crippen molar-refractivity contribution < 1.29 is 13.6 Å². The number of aromatic nitrogens is 1. The number of nitrogens with one attached hydrogen (secondary N) is 2. The lowest BCUT2D eigenvalue weighted by atomic mass is 10.1. The van der Waals surface area contributed by atoms with Crippen molar-refractivity contribution in [3.05, 3.63) is 70.2 Å². The van der Waals surface area contributed by atoms with Gasteiger partial charge >= 0.3 is 0 Å². The zero-order valence-corrected chi connectivity index (χ0v) is 16.1. The van der Waals surface area contributed by atoms with E-state index in [4.69, 9.17) is 4.42 Å². The Kier molecular flexibility index (Phi) is 5.76.